The van der Waals surface area contributed by atoms with Crippen molar-refractivity contribution in [3.8, 4) is 0 Å². The van der Waals surface area contributed by atoms with Crippen LogP contribution >= 0.6 is 11.8 Å². The Morgan fingerprint density at radius 1 is 1.03 bits per heavy atom. The average molecular weight is 510 g/mol. The number of carbonyl (C=O) groups excluding carboxylic acids is 1. The van der Waals surface area contributed by atoms with Crippen molar-refractivity contribution in [1.82, 2.24) is 0 Å². The zero-order chi connectivity index (χ0) is 25.1. The Morgan fingerprint density at radius 2 is 1.71 bits per heavy atom. The molecule has 3 aromatic carbocycles. The number of alkyl halides is 3. The average Bonchev–Trinajstić information content (AvgIpc) is 2.79. The Morgan fingerprint density at radius 3 is 2.32 bits per heavy atom. The highest BCUT2D eigenvalue weighted by molar-refractivity contribution is 7.98. The fourth-order valence-electron chi connectivity index (χ4n) is 3.14. The van der Waals surface area contributed by atoms with Gasteiger partial charge in [0, 0.05) is 16.3 Å². The first-order valence-electron chi connectivity index (χ1n) is 10.0. The Hall–Kier alpha value is -2.98. The van der Waals surface area contributed by atoms with E-state index in [-0.39, 0.29) is 10.5 Å². The third-order valence-electron chi connectivity index (χ3n) is 5.12. The monoisotopic (exact) mass is 509 g/mol. The molecule has 0 heterocycles. The molecule has 0 aliphatic rings. The summed E-state index contributed by atoms with van der Waals surface area (Å²) in [5.74, 6) is -0.298. The largest absolute Gasteiger partial charge is 0.465 e. The van der Waals surface area contributed by atoms with E-state index < -0.39 is 27.7 Å². The lowest BCUT2D eigenvalue weighted by atomic mass is 10.0. The number of methoxy groups -OCH3 is 1. The van der Waals surface area contributed by atoms with Crippen molar-refractivity contribution in [2.24, 2.45) is 0 Å². The van der Waals surface area contributed by atoms with E-state index in [4.69, 9.17) is 4.74 Å². The summed E-state index contributed by atoms with van der Waals surface area (Å²) in [4.78, 5) is 12.7. The quantitative estimate of drug-likeness (QED) is 0.303. The molecule has 1 N–H and O–H groups in total. The molecule has 180 valence electrons. The molecule has 0 radical (unpaired) electrons. The van der Waals surface area contributed by atoms with Gasteiger partial charge in [0.25, 0.3) is 10.0 Å². The van der Waals surface area contributed by atoms with Gasteiger partial charge in [-0.05, 0) is 73.0 Å². The lowest BCUT2D eigenvalue weighted by Crippen LogP contribution is -2.15. The maximum Gasteiger partial charge on any atom is 0.416 e. The van der Waals surface area contributed by atoms with Gasteiger partial charge in [0.2, 0.25) is 0 Å². The van der Waals surface area contributed by atoms with Gasteiger partial charge < -0.3 is 4.74 Å². The molecule has 0 saturated heterocycles. The zero-order valence-electron chi connectivity index (χ0n) is 18.6. The molecule has 0 atom stereocenters. The number of hydrogen-bond acceptors (Lipinski definition) is 5. The predicted octanol–water partition coefficient (Wildman–Crippen LogP) is 6.20. The van der Waals surface area contributed by atoms with Crippen molar-refractivity contribution in [2.45, 2.75) is 35.6 Å². The Labute approximate surface area is 200 Å². The van der Waals surface area contributed by atoms with Gasteiger partial charge in [-0.2, -0.15) is 13.2 Å². The van der Waals surface area contributed by atoms with Crippen LogP contribution in [-0.4, -0.2) is 21.5 Å². The van der Waals surface area contributed by atoms with Crippen LogP contribution in [0.3, 0.4) is 0 Å². The van der Waals surface area contributed by atoms with E-state index >= 15 is 0 Å². The second-order valence-corrected chi connectivity index (χ2v) is 10.3. The van der Waals surface area contributed by atoms with Gasteiger partial charge in [-0.3, -0.25) is 4.72 Å². The molecule has 34 heavy (non-hydrogen) atoms. The number of esters is 1. The van der Waals surface area contributed by atoms with E-state index in [2.05, 4.69) is 4.72 Å². The molecule has 0 saturated carbocycles. The van der Waals surface area contributed by atoms with Crippen LogP contribution in [0.2, 0.25) is 0 Å². The van der Waals surface area contributed by atoms with Gasteiger partial charge >= 0.3 is 12.1 Å². The molecule has 5 nitrogen and oxygen atoms in total. The molecule has 0 spiro atoms. The summed E-state index contributed by atoms with van der Waals surface area (Å²) in [5, 5.41) is 0. The Kier molecular flexibility index (Phi) is 7.62. The molecule has 0 fully saturated rings. The summed E-state index contributed by atoms with van der Waals surface area (Å²) in [6.07, 6.45) is -4.40. The summed E-state index contributed by atoms with van der Waals surface area (Å²) in [7, 11) is -2.75. The molecular weight excluding hydrogens is 487 g/mol. The number of sulfonamides is 1. The molecule has 0 bridgehead atoms. The molecule has 0 amide bonds. The predicted molar refractivity (Wildman–Crippen MR) is 126 cm³/mol. The van der Waals surface area contributed by atoms with Gasteiger partial charge in [-0.25, -0.2) is 13.2 Å². The highest BCUT2D eigenvalue weighted by Gasteiger charge is 2.30. The van der Waals surface area contributed by atoms with Crippen molar-refractivity contribution in [1.29, 1.82) is 0 Å². The normalized spacial score (nSPS) is 11.8. The smallest absolute Gasteiger partial charge is 0.416 e. The third-order valence-corrected chi connectivity index (χ3v) is 7.57. The Balaban J connectivity index is 1.72. The van der Waals surface area contributed by atoms with E-state index in [9.17, 15) is 26.4 Å². The number of aryl methyl sites for hydroxylation is 1. The van der Waals surface area contributed by atoms with Crippen molar-refractivity contribution in [3.63, 3.8) is 0 Å². The highest BCUT2D eigenvalue weighted by atomic mass is 32.2. The van der Waals surface area contributed by atoms with Gasteiger partial charge in [0.1, 0.15) is 0 Å². The number of halogens is 3. The van der Waals surface area contributed by atoms with Gasteiger partial charge in [0.15, 0.2) is 0 Å². The molecule has 3 rings (SSSR count). The third kappa shape index (κ3) is 6.12. The van der Waals surface area contributed by atoms with Crippen molar-refractivity contribution in [2.75, 3.05) is 11.8 Å². The SMILES string of the molecule is COC(=O)c1cc(S(=O)(=O)Nc2ccc(SCc3cccc(C(F)(F)F)c3)cc2)cc(C)c1C. The van der Waals surface area contributed by atoms with E-state index in [1.54, 1.807) is 44.2 Å². The fraction of sp³-hybridized carbons (Fsp3) is 0.208. The van der Waals surface area contributed by atoms with Crippen LogP contribution in [0.1, 0.15) is 32.6 Å². The van der Waals surface area contributed by atoms with Crippen LogP contribution < -0.4 is 4.72 Å². The summed E-state index contributed by atoms with van der Waals surface area (Å²) in [6.45, 7) is 3.42. The minimum atomic E-state index is -4.40. The van der Waals surface area contributed by atoms with E-state index in [0.717, 1.165) is 17.0 Å². The van der Waals surface area contributed by atoms with E-state index in [1.165, 1.54) is 37.1 Å². The lowest BCUT2D eigenvalue weighted by molar-refractivity contribution is -0.137. The van der Waals surface area contributed by atoms with Crippen LogP contribution in [0.15, 0.2) is 70.5 Å². The van der Waals surface area contributed by atoms with Gasteiger partial charge in [0.05, 0.1) is 23.1 Å². The summed E-state index contributed by atoms with van der Waals surface area (Å²) >= 11 is 1.33. The van der Waals surface area contributed by atoms with Crippen LogP contribution in [0, 0.1) is 13.8 Å². The van der Waals surface area contributed by atoms with Crippen LogP contribution in [0.5, 0.6) is 0 Å². The minimum Gasteiger partial charge on any atom is -0.465 e. The van der Waals surface area contributed by atoms with Crippen molar-refractivity contribution in [3.05, 3.63) is 88.5 Å². The highest BCUT2D eigenvalue weighted by Crippen LogP contribution is 2.31. The molecule has 0 unspecified atom stereocenters. The minimum absolute atomic E-state index is 0.0704. The first-order chi connectivity index (χ1) is 15.9. The first kappa shape index (κ1) is 25.6. The van der Waals surface area contributed by atoms with E-state index in [0.29, 0.717) is 28.1 Å². The number of anilines is 1. The second kappa shape index (κ2) is 10.1. The molecule has 3 aromatic rings. The fourth-order valence-corrected chi connectivity index (χ4v) is 5.15. The maximum atomic E-state index is 12.9. The van der Waals surface area contributed by atoms with Crippen molar-refractivity contribution < 1.29 is 31.1 Å². The molecular formula is C24H22F3NO4S2. The summed E-state index contributed by atoms with van der Waals surface area (Å²) < 4.78 is 71.6. The molecule has 0 aliphatic carbocycles. The van der Waals surface area contributed by atoms with Gasteiger partial charge in [-0.15, -0.1) is 11.8 Å². The summed E-state index contributed by atoms with van der Waals surface area (Å²) in [6, 6.07) is 14.4. The number of hydrogen-bond donors (Lipinski definition) is 1. The molecule has 0 aliphatic heterocycles. The number of thioether (sulfide) groups is 1. The number of carbonyl (C=O) groups is 1. The lowest BCUT2D eigenvalue weighted by Gasteiger charge is -2.13. The Bertz CT molecular complexity index is 1300. The number of ether oxygens (including phenoxy) is 1. The van der Waals surface area contributed by atoms with Crippen LogP contribution in [0.4, 0.5) is 18.9 Å². The standard InChI is InChI=1S/C24H22F3NO4S2/c1-15-11-21(13-22(16(15)2)23(29)32-3)34(30,31)28-19-7-9-20(10-8-19)33-14-17-5-4-6-18(12-17)24(25,26)27/h4-13,28H,14H2,1-3H3. The van der Waals surface area contributed by atoms with Crippen LogP contribution in [-0.2, 0) is 26.7 Å². The number of nitrogens with one attached hydrogen (secondary N) is 1. The second-order valence-electron chi connectivity index (χ2n) is 7.52. The summed E-state index contributed by atoms with van der Waals surface area (Å²) in [5.41, 5.74) is 1.57. The van der Waals surface area contributed by atoms with Gasteiger partial charge in [-0.1, -0.05) is 18.2 Å². The van der Waals surface area contributed by atoms with E-state index in [1.807, 2.05) is 0 Å². The number of benzene rings is 3. The van der Waals surface area contributed by atoms with Crippen LogP contribution in [0.25, 0.3) is 0 Å². The topological polar surface area (TPSA) is 72.5 Å². The zero-order valence-corrected chi connectivity index (χ0v) is 20.2. The maximum absolute atomic E-state index is 12.9. The molecule has 0 aromatic heterocycles. The first-order valence-corrected chi connectivity index (χ1v) is 12.5. The molecule has 10 heteroatoms. The van der Waals surface area contributed by atoms with Crippen molar-refractivity contribution >= 4 is 33.4 Å². The number of rotatable bonds is 7.